The van der Waals surface area contributed by atoms with Crippen LogP contribution in [0.15, 0.2) is 23.3 Å². The van der Waals surface area contributed by atoms with Gasteiger partial charge in [-0.1, -0.05) is 31.1 Å². The number of fused-ring (bicyclic) bond motifs is 1. The summed E-state index contributed by atoms with van der Waals surface area (Å²) in [5, 5.41) is 3.72. The second kappa shape index (κ2) is 5.96. The molecule has 1 unspecified atom stereocenters. The highest BCUT2D eigenvalue weighted by atomic mass is 19.4. The molecule has 0 aromatic heterocycles. The van der Waals surface area contributed by atoms with Crippen LogP contribution < -0.4 is 9.47 Å². The predicted molar refractivity (Wildman–Crippen MR) is 73.6 cm³/mol. The van der Waals surface area contributed by atoms with Gasteiger partial charge in [-0.15, -0.1) is 13.2 Å². The number of rotatable bonds is 4. The van der Waals surface area contributed by atoms with Crippen LogP contribution in [-0.2, 0) is 0 Å². The lowest BCUT2D eigenvalue weighted by Crippen LogP contribution is -2.40. The molecule has 0 amide bonds. The van der Waals surface area contributed by atoms with Crippen LogP contribution in [0.3, 0.4) is 0 Å². The monoisotopic (exact) mass is 315 g/mol. The lowest BCUT2D eigenvalue weighted by Gasteiger charge is -2.40. The second-order valence-corrected chi connectivity index (χ2v) is 5.14. The quantitative estimate of drug-likeness (QED) is 0.431. The van der Waals surface area contributed by atoms with Crippen molar-refractivity contribution in [3.63, 3.8) is 0 Å². The molecule has 0 bridgehead atoms. The Balaban J connectivity index is 2.54. The van der Waals surface area contributed by atoms with Gasteiger partial charge in [0.05, 0.1) is 6.04 Å². The van der Waals surface area contributed by atoms with E-state index >= 15 is 0 Å². The molecule has 0 radical (unpaired) electrons. The Morgan fingerprint density at radius 3 is 2.64 bits per heavy atom. The summed E-state index contributed by atoms with van der Waals surface area (Å²) in [4.78, 5) is 2.80. The minimum absolute atomic E-state index is 0.00664. The van der Waals surface area contributed by atoms with Crippen LogP contribution in [0.1, 0.15) is 44.7 Å². The topological polar surface area (TPSA) is 67.2 Å². The second-order valence-electron chi connectivity index (χ2n) is 5.14. The summed E-state index contributed by atoms with van der Waals surface area (Å²) in [6, 6.07) is 3.63. The fourth-order valence-electron chi connectivity index (χ4n) is 2.68. The zero-order chi connectivity index (χ0) is 16.4. The van der Waals surface area contributed by atoms with Crippen LogP contribution in [0, 0.1) is 0 Å². The van der Waals surface area contributed by atoms with Gasteiger partial charge in [0, 0.05) is 10.5 Å². The minimum Gasteiger partial charge on any atom is -0.483 e. The molecule has 0 saturated carbocycles. The minimum atomic E-state index is -4.81. The number of nitrogens with zero attached hydrogens (tertiary/aromatic N) is 3. The molecule has 120 valence electrons. The molecule has 2 rings (SSSR count). The molecule has 8 heteroatoms. The van der Waals surface area contributed by atoms with E-state index in [0.717, 1.165) is 0 Å². The molecule has 0 aliphatic carbocycles. The third-order valence-electron chi connectivity index (χ3n) is 3.96. The average Bonchev–Trinajstić information content (AvgIpc) is 2.46. The van der Waals surface area contributed by atoms with E-state index in [4.69, 9.17) is 10.3 Å². The summed E-state index contributed by atoms with van der Waals surface area (Å²) >= 11 is 0. The van der Waals surface area contributed by atoms with E-state index in [1.54, 1.807) is 6.07 Å². The highest BCUT2D eigenvalue weighted by Crippen LogP contribution is 2.49. The molecule has 22 heavy (non-hydrogen) atoms. The summed E-state index contributed by atoms with van der Waals surface area (Å²) in [5.41, 5.74) is 8.47. The Kier molecular flexibility index (Phi) is 4.42. The number of hydrogen-bond acceptors (Lipinski definition) is 3. The maximum atomic E-state index is 12.6. The first-order valence-corrected chi connectivity index (χ1v) is 6.96. The molecule has 1 aliphatic heterocycles. The Morgan fingerprint density at radius 2 is 2.09 bits per heavy atom. The third kappa shape index (κ3) is 3.22. The van der Waals surface area contributed by atoms with Crippen molar-refractivity contribution < 1.29 is 22.6 Å². The Morgan fingerprint density at radius 1 is 1.41 bits per heavy atom. The van der Waals surface area contributed by atoms with Crippen LogP contribution >= 0.6 is 0 Å². The number of ether oxygens (including phenoxy) is 2. The van der Waals surface area contributed by atoms with Crippen molar-refractivity contribution in [2.45, 2.75) is 51.1 Å². The molecule has 0 saturated heterocycles. The maximum absolute atomic E-state index is 12.6. The zero-order valence-electron chi connectivity index (χ0n) is 12.2. The van der Waals surface area contributed by atoms with Gasteiger partial charge in [0.2, 0.25) is 0 Å². The van der Waals surface area contributed by atoms with E-state index in [9.17, 15) is 13.2 Å². The summed E-state index contributed by atoms with van der Waals surface area (Å²) in [6.07, 6.45) is -3.22. The molecular formula is C14H16F3N3O2. The molecule has 1 aliphatic rings. The maximum Gasteiger partial charge on any atom is 0.573 e. The van der Waals surface area contributed by atoms with E-state index in [1.807, 2.05) is 13.8 Å². The molecule has 1 aromatic rings. The highest BCUT2D eigenvalue weighted by molar-refractivity contribution is 5.50. The fourth-order valence-corrected chi connectivity index (χ4v) is 2.68. The number of benzene rings is 1. The van der Waals surface area contributed by atoms with Gasteiger partial charge in [0.25, 0.3) is 0 Å². The van der Waals surface area contributed by atoms with Crippen LogP contribution in [0.5, 0.6) is 11.5 Å². The van der Waals surface area contributed by atoms with Crippen molar-refractivity contribution in [1.82, 2.24) is 0 Å². The van der Waals surface area contributed by atoms with Crippen molar-refractivity contribution in [2.75, 3.05) is 0 Å². The van der Waals surface area contributed by atoms with Gasteiger partial charge in [0.15, 0.2) is 11.5 Å². The fraction of sp³-hybridized carbons (Fsp3) is 0.571. The van der Waals surface area contributed by atoms with Crippen molar-refractivity contribution in [3.05, 3.63) is 34.2 Å². The van der Waals surface area contributed by atoms with Gasteiger partial charge < -0.3 is 9.47 Å². The zero-order valence-corrected chi connectivity index (χ0v) is 12.2. The van der Waals surface area contributed by atoms with E-state index in [2.05, 4.69) is 14.8 Å². The lowest BCUT2D eigenvalue weighted by molar-refractivity contribution is -0.275. The number of azide groups is 1. The van der Waals surface area contributed by atoms with Crippen LogP contribution in [-0.4, -0.2) is 12.0 Å². The average molecular weight is 315 g/mol. The van der Waals surface area contributed by atoms with Crippen LogP contribution in [0.4, 0.5) is 13.2 Å². The summed E-state index contributed by atoms with van der Waals surface area (Å²) in [5.74, 6) is -0.402. The van der Waals surface area contributed by atoms with Crippen molar-refractivity contribution in [3.8, 4) is 11.5 Å². The van der Waals surface area contributed by atoms with Crippen LogP contribution in [0.2, 0.25) is 0 Å². The Hall–Kier alpha value is -2.08. The van der Waals surface area contributed by atoms with Gasteiger partial charge >= 0.3 is 6.36 Å². The first-order valence-electron chi connectivity index (χ1n) is 6.96. The molecule has 1 atom stereocenters. The summed E-state index contributed by atoms with van der Waals surface area (Å²) in [7, 11) is 0. The van der Waals surface area contributed by atoms with E-state index in [1.165, 1.54) is 12.1 Å². The predicted octanol–water partition coefficient (Wildman–Crippen LogP) is 5.28. The molecular weight excluding hydrogens is 299 g/mol. The van der Waals surface area contributed by atoms with Gasteiger partial charge in [0.1, 0.15) is 5.60 Å². The number of alkyl halides is 3. The lowest BCUT2D eigenvalue weighted by atomic mass is 9.84. The van der Waals surface area contributed by atoms with Crippen LogP contribution in [0.25, 0.3) is 10.4 Å². The van der Waals surface area contributed by atoms with Crippen molar-refractivity contribution in [2.24, 2.45) is 5.11 Å². The molecule has 0 spiro atoms. The largest absolute Gasteiger partial charge is 0.573 e. The number of hydrogen-bond donors (Lipinski definition) is 0. The van der Waals surface area contributed by atoms with E-state index in [0.29, 0.717) is 24.8 Å². The molecule has 1 aromatic carbocycles. The van der Waals surface area contributed by atoms with Crippen molar-refractivity contribution >= 4 is 0 Å². The van der Waals surface area contributed by atoms with Gasteiger partial charge in [-0.05, 0) is 30.9 Å². The number of halogens is 3. The van der Waals surface area contributed by atoms with Gasteiger partial charge in [-0.25, -0.2) is 0 Å². The van der Waals surface area contributed by atoms with E-state index in [-0.39, 0.29) is 5.75 Å². The summed E-state index contributed by atoms with van der Waals surface area (Å²) < 4.78 is 47.6. The third-order valence-corrected chi connectivity index (χ3v) is 3.96. The van der Waals surface area contributed by atoms with Gasteiger partial charge in [-0.2, -0.15) is 0 Å². The molecule has 0 fully saturated rings. The smallest absolute Gasteiger partial charge is 0.483 e. The molecule has 5 nitrogen and oxygen atoms in total. The normalized spacial score (nSPS) is 19.6. The first kappa shape index (κ1) is 16.3. The van der Waals surface area contributed by atoms with Gasteiger partial charge in [-0.3, -0.25) is 0 Å². The first-order chi connectivity index (χ1) is 10.3. The van der Waals surface area contributed by atoms with E-state index < -0.39 is 23.8 Å². The SMILES string of the molecule is CCC1(CC)CC(N=[N+]=[N-])c2cccc(OC(F)(F)F)c2O1. The molecule has 0 N–H and O–H groups in total. The Bertz CT molecular complexity index is 593. The standard InChI is InChI=1S/C14H16F3N3O2/c1-3-13(4-2)8-10(19-20-18)9-6-5-7-11(12(9)22-13)21-14(15,16)17/h5-7,10H,3-4,8H2,1-2H3. The van der Waals surface area contributed by atoms with Crippen molar-refractivity contribution in [1.29, 1.82) is 0 Å². The Labute approximate surface area is 125 Å². The summed E-state index contributed by atoms with van der Waals surface area (Å²) in [6.45, 7) is 3.77. The highest BCUT2D eigenvalue weighted by Gasteiger charge is 2.41. The molecule has 1 heterocycles. The number of para-hydroxylation sites is 1.